The van der Waals surface area contributed by atoms with Crippen molar-refractivity contribution in [1.82, 2.24) is 19.2 Å². The molecule has 0 unspecified atom stereocenters. The summed E-state index contributed by atoms with van der Waals surface area (Å²) in [4.78, 5) is 36.1. The highest BCUT2D eigenvalue weighted by Crippen LogP contribution is 2.31. The summed E-state index contributed by atoms with van der Waals surface area (Å²) in [6.07, 6.45) is -0.272. The van der Waals surface area contributed by atoms with Gasteiger partial charge in [-0.2, -0.15) is 0 Å². The SMILES string of the molecule is CC(=O)OC[C@H]1O[C@@H](n2cc(C)c3nnc(COc4ccccc4)n3c2=O)C[C@@H]1OC(C)=O. The third kappa shape index (κ3) is 4.87. The molecule has 0 spiro atoms. The minimum Gasteiger partial charge on any atom is -0.486 e. The molecule has 1 aliphatic heterocycles. The number of aryl methyl sites for hydroxylation is 1. The molecule has 3 heterocycles. The van der Waals surface area contributed by atoms with Crippen molar-refractivity contribution in [2.24, 2.45) is 0 Å². The van der Waals surface area contributed by atoms with E-state index < -0.39 is 36.1 Å². The van der Waals surface area contributed by atoms with Gasteiger partial charge in [0.2, 0.25) is 0 Å². The van der Waals surface area contributed by atoms with Crippen LogP contribution >= 0.6 is 0 Å². The number of fused-ring (bicyclic) bond motifs is 1. The Morgan fingerprint density at radius 1 is 1.15 bits per heavy atom. The van der Waals surface area contributed by atoms with Crippen LogP contribution in [0.1, 0.15) is 37.9 Å². The van der Waals surface area contributed by atoms with Crippen molar-refractivity contribution in [1.29, 1.82) is 0 Å². The average Bonchev–Trinajstić information content (AvgIpc) is 3.38. The van der Waals surface area contributed by atoms with Crippen LogP contribution in [0.15, 0.2) is 41.3 Å². The third-order valence-corrected chi connectivity index (χ3v) is 5.20. The van der Waals surface area contributed by atoms with Gasteiger partial charge in [0, 0.05) is 32.0 Å². The summed E-state index contributed by atoms with van der Waals surface area (Å²) in [5.74, 6) is 0.00186. The van der Waals surface area contributed by atoms with Gasteiger partial charge in [-0.3, -0.25) is 14.2 Å². The molecule has 11 heteroatoms. The van der Waals surface area contributed by atoms with Crippen molar-refractivity contribution in [3.63, 3.8) is 0 Å². The van der Waals surface area contributed by atoms with Crippen molar-refractivity contribution < 1.29 is 28.5 Å². The lowest BCUT2D eigenvalue weighted by Gasteiger charge is -2.18. The molecule has 33 heavy (non-hydrogen) atoms. The molecule has 0 N–H and O–H groups in total. The summed E-state index contributed by atoms with van der Waals surface area (Å²) in [6.45, 7) is 4.31. The fourth-order valence-electron chi connectivity index (χ4n) is 3.73. The molecule has 1 aliphatic rings. The maximum absolute atomic E-state index is 13.4. The zero-order valence-corrected chi connectivity index (χ0v) is 18.5. The normalized spacial score (nSPS) is 20.0. The number of hydrogen-bond donors (Lipinski definition) is 0. The lowest BCUT2D eigenvalue weighted by Crippen LogP contribution is -2.32. The second kappa shape index (κ2) is 9.41. The molecule has 0 amide bonds. The summed E-state index contributed by atoms with van der Waals surface area (Å²) in [5.41, 5.74) is 0.685. The topological polar surface area (TPSA) is 123 Å². The molecule has 1 aromatic carbocycles. The van der Waals surface area contributed by atoms with Gasteiger partial charge in [-0.15, -0.1) is 10.2 Å². The van der Waals surface area contributed by atoms with E-state index in [1.807, 2.05) is 18.2 Å². The first kappa shape index (κ1) is 22.5. The van der Waals surface area contributed by atoms with E-state index >= 15 is 0 Å². The van der Waals surface area contributed by atoms with E-state index in [-0.39, 0.29) is 19.6 Å². The Balaban J connectivity index is 1.63. The number of carbonyl (C=O) groups excluding carboxylic acids is 2. The average molecular weight is 456 g/mol. The molecule has 0 bridgehead atoms. The highest BCUT2D eigenvalue weighted by atomic mass is 16.6. The molecule has 2 aromatic heterocycles. The molecule has 1 fully saturated rings. The van der Waals surface area contributed by atoms with Gasteiger partial charge in [-0.1, -0.05) is 18.2 Å². The molecular weight excluding hydrogens is 432 g/mol. The molecule has 0 saturated carbocycles. The minimum atomic E-state index is -0.740. The Hall–Kier alpha value is -3.73. The molecule has 4 rings (SSSR count). The van der Waals surface area contributed by atoms with Gasteiger partial charge in [0.15, 0.2) is 11.5 Å². The molecule has 3 atom stereocenters. The summed E-state index contributed by atoms with van der Waals surface area (Å²) < 4.78 is 24.9. The molecule has 0 aliphatic carbocycles. The van der Waals surface area contributed by atoms with Gasteiger partial charge < -0.3 is 18.9 Å². The van der Waals surface area contributed by atoms with Gasteiger partial charge >= 0.3 is 17.6 Å². The first-order valence-corrected chi connectivity index (χ1v) is 10.4. The van der Waals surface area contributed by atoms with Crippen molar-refractivity contribution in [3.05, 3.63) is 58.4 Å². The first-order chi connectivity index (χ1) is 15.8. The van der Waals surface area contributed by atoms with Gasteiger partial charge in [-0.05, 0) is 19.1 Å². The number of nitrogens with zero attached hydrogens (tertiary/aromatic N) is 4. The summed E-state index contributed by atoms with van der Waals surface area (Å²) in [7, 11) is 0. The van der Waals surface area contributed by atoms with Crippen LogP contribution in [0, 0.1) is 6.92 Å². The number of aromatic nitrogens is 4. The zero-order chi connectivity index (χ0) is 23.5. The molecule has 174 valence electrons. The van der Waals surface area contributed by atoms with Crippen molar-refractivity contribution >= 4 is 17.6 Å². The Bertz CT molecular complexity index is 1220. The number of para-hydroxylation sites is 1. The molecule has 3 aromatic rings. The van der Waals surface area contributed by atoms with Crippen LogP contribution in [0.3, 0.4) is 0 Å². The number of carbonyl (C=O) groups is 2. The number of esters is 2. The van der Waals surface area contributed by atoms with Crippen molar-refractivity contribution in [3.8, 4) is 5.75 Å². The monoisotopic (exact) mass is 456 g/mol. The molecular formula is C22H24N4O7. The Morgan fingerprint density at radius 3 is 2.61 bits per heavy atom. The number of rotatable bonds is 7. The minimum absolute atomic E-state index is 0.0422. The molecule has 1 saturated heterocycles. The Labute approximate surface area is 188 Å². The maximum atomic E-state index is 13.4. The van der Waals surface area contributed by atoms with E-state index in [9.17, 15) is 14.4 Å². The second-order valence-corrected chi connectivity index (χ2v) is 7.69. The highest BCUT2D eigenvalue weighted by Gasteiger charge is 2.40. The van der Waals surface area contributed by atoms with Crippen LogP contribution in [-0.4, -0.2) is 49.9 Å². The van der Waals surface area contributed by atoms with Crippen LogP contribution in [0.25, 0.3) is 5.65 Å². The smallest absolute Gasteiger partial charge is 0.337 e. The summed E-state index contributed by atoms with van der Waals surface area (Å²) in [6, 6.07) is 9.17. The fraction of sp³-hybridized carbons (Fsp3) is 0.409. The van der Waals surface area contributed by atoms with E-state index in [4.69, 9.17) is 18.9 Å². The second-order valence-electron chi connectivity index (χ2n) is 7.69. The van der Waals surface area contributed by atoms with E-state index in [1.54, 1.807) is 25.3 Å². The summed E-state index contributed by atoms with van der Waals surface area (Å²) in [5, 5.41) is 8.25. The Kier molecular flexibility index (Phi) is 6.40. The zero-order valence-electron chi connectivity index (χ0n) is 18.5. The highest BCUT2D eigenvalue weighted by molar-refractivity contribution is 5.66. The largest absolute Gasteiger partial charge is 0.486 e. The predicted molar refractivity (Wildman–Crippen MR) is 113 cm³/mol. The maximum Gasteiger partial charge on any atom is 0.337 e. The first-order valence-electron chi connectivity index (χ1n) is 10.4. The quantitative estimate of drug-likeness (QED) is 0.487. The van der Waals surface area contributed by atoms with Crippen LogP contribution in [0.2, 0.25) is 0 Å². The van der Waals surface area contributed by atoms with E-state index in [0.29, 0.717) is 22.8 Å². The number of hydrogen-bond acceptors (Lipinski definition) is 9. The van der Waals surface area contributed by atoms with Crippen LogP contribution in [-0.2, 0) is 30.4 Å². The van der Waals surface area contributed by atoms with Gasteiger partial charge in [0.05, 0.1) is 0 Å². The lowest BCUT2D eigenvalue weighted by atomic mass is 10.2. The van der Waals surface area contributed by atoms with Gasteiger partial charge in [0.1, 0.15) is 37.4 Å². The van der Waals surface area contributed by atoms with E-state index in [1.165, 1.54) is 22.8 Å². The number of ether oxygens (including phenoxy) is 4. The van der Waals surface area contributed by atoms with Crippen LogP contribution in [0.5, 0.6) is 5.75 Å². The summed E-state index contributed by atoms with van der Waals surface area (Å²) >= 11 is 0. The fourth-order valence-corrected chi connectivity index (χ4v) is 3.73. The predicted octanol–water partition coefficient (Wildman–Crippen LogP) is 1.56. The van der Waals surface area contributed by atoms with Crippen LogP contribution in [0.4, 0.5) is 0 Å². The third-order valence-electron chi connectivity index (χ3n) is 5.20. The standard InChI is InChI=1S/C22H24N4O7/c1-13-10-25(20-9-17(32-15(3)28)18(33-20)11-30-14(2)27)22(29)26-19(23-24-21(13)26)12-31-16-7-5-4-6-8-16/h4-8,10,17-18,20H,9,11-12H2,1-3H3/t17-,18+,20+/m0/s1. The van der Waals surface area contributed by atoms with Gasteiger partial charge in [0.25, 0.3) is 0 Å². The Morgan fingerprint density at radius 2 is 1.91 bits per heavy atom. The van der Waals surface area contributed by atoms with E-state index in [0.717, 1.165) is 0 Å². The van der Waals surface area contributed by atoms with E-state index in [2.05, 4.69) is 10.2 Å². The molecule has 0 radical (unpaired) electrons. The van der Waals surface area contributed by atoms with Crippen LogP contribution < -0.4 is 10.4 Å². The number of benzene rings is 1. The lowest BCUT2D eigenvalue weighted by molar-refractivity contribution is -0.155. The molecule has 11 nitrogen and oxygen atoms in total. The van der Waals surface area contributed by atoms with Crippen molar-refractivity contribution in [2.45, 2.75) is 52.2 Å². The van der Waals surface area contributed by atoms with Crippen molar-refractivity contribution in [2.75, 3.05) is 6.61 Å². The van der Waals surface area contributed by atoms with Gasteiger partial charge in [-0.25, -0.2) is 9.20 Å².